The molecule has 4 heteroatoms. The van der Waals surface area contributed by atoms with E-state index in [1.807, 2.05) is 12.1 Å². The van der Waals surface area contributed by atoms with E-state index in [0.29, 0.717) is 6.61 Å². The Hall–Kier alpha value is -0.510. The fourth-order valence-electron chi connectivity index (χ4n) is 1.41. The minimum atomic E-state index is 0.216. The van der Waals surface area contributed by atoms with E-state index >= 15 is 0 Å². The first-order valence-corrected chi connectivity index (χ1v) is 6.82. The first kappa shape index (κ1) is 14.6. The lowest BCUT2D eigenvalue weighted by Gasteiger charge is -2.11. The van der Waals surface area contributed by atoms with Crippen LogP contribution in [-0.2, 0) is 6.42 Å². The molecule has 0 aliphatic carbocycles. The number of benzene rings is 1. The summed E-state index contributed by atoms with van der Waals surface area (Å²) in [7, 11) is 0. The van der Waals surface area contributed by atoms with Crippen molar-refractivity contribution in [3.05, 3.63) is 39.8 Å². The van der Waals surface area contributed by atoms with Crippen molar-refractivity contribution in [2.45, 2.75) is 25.8 Å². The van der Waals surface area contributed by atoms with Crippen molar-refractivity contribution in [3.8, 4) is 5.75 Å². The van der Waals surface area contributed by atoms with Crippen molar-refractivity contribution in [2.24, 2.45) is 5.73 Å². The van der Waals surface area contributed by atoms with E-state index in [0.717, 1.165) is 23.1 Å². The van der Waals surface area contributed by atoms with E-state index in [-0.39, 0.29) is 6.04 Å². The van der Waals surface area contributed by atoms with Gasteiger partial charge in [0.25, 0.3) is 0 Å². The van der Waals surface area contributed by atoms with Gasteiger partial charge in [0.2, 0.25) is 0 Å². The normalized spacial score (nSPS) is 12.9. The predicted octanol–water partition coefficient (Wildman–Crippen LogP) is 3.86. The Morgan fingerprint density at radius 1 is 1.53 bits per heavy atom. The van der Waals surface area contributed by atoms with Crippen molar-refractivity contribution in [2.75, 3.05) is 6.61 Å². The molecular weight excluding hydrogens is 302 g/mol. The van der Waals surface area contributed by atoms with Gasteiger partial charge in [0, 0.05) is 11.6 Å². The molecular formula is C13H17BrClNO. The molecule has 0 amide bonds. The van der Waals surface area contributed by atoms with Gasteiger partial charge in [0.15, 0.2) is 0 Å². The molecule has 0 aliphatic rings. The lowest BCUT2D eigenvalue weighted by atomic mass is 10.0. The van der Waals surface area contributed by atoms with Crippen molar-refractivity contribution < 1.29 is 4.74 Å². The van der Waals surface area contributed by atoms with Crippen LogP contribution in [0.15, 0.2) is 34.3 Å². The van der Waals surface area contributed by atoms with Crippen LogP contribution in [0.2, 0.25) is 0 Å². The highest BCUT2D eigenvalue weighted by Crippen LogP contribution is 2.26. The summed E-state index contributed by atoms with van der Waals surface area (Å²) in [5, 5.41) is 0. The monoisotopic (exact) mass is 317 g/mol. The molecule has 17 heavy (non-hydrogen) atoms. The van der Waals surface area contributed by atoms with Crippen LogP contribution >= 0.6 is 27.5 Å². The summed E-state index contributed by atoms with van der Waals surface area (Å²) in [6, 6.07) is 6.26. The first-order valence-electron chi connectivity index (χ1n) is 5.59. The maximum absolute atomic E-state index is 5.92. The van der Waals surface area contributed by atoms with Gasteiger partial charge in [-0.05, 0) is 52.5 Å². The highest BCUT2D eigenvalue weighted by atomic mass is 79.9. The highest BCUT2D eigenvalue weighted by Gasteiger charge is 2.05. The zero-order valence-corrected chi connectivity index (χ0v) is 12.2. The zero-order valence-electron chi connectivity index (χ0n) is 9.83. The molecule has 1 aromatic carbocycles. The number of hydrogen-bond donors (Lipinski definition) is 1. The molecule has 2 N–H and O–H groups in total. The minimum Gasteiger partial charge on any atom is -0.488 e. The molecule has 0 heterocycles. The highest BCUT2D eigenvalue weighted by molar-refractivity contribution is 9.10. The SMILES string of the molecule is CCC(N)Cc1ccc(OCC=CCl)c(Br)c1. The van der Waals surface area contributed by atoms with Gasteiger partial charge >= 0.3 is 0 Å². The Kier molecular flexibility index (Phi) is 6.63. The molecule has 0 saturated carbocycles. The molecule has 2 nitrogen and oxygen atoms in total. The molecule has 94 valence electrons. The van der Waals surface area contributed by atoms with E-state index < -0.39 is 0 Å². The summed E-state index contributed by atoms with van der Waals surface area (Å²) in [4.78, 5) is 0. The summed E-state index contributed by atoms with van der Waals surface area (Å²) in [5.41, 5.74) is 8.58. The van der Waals surface area contributed by atoms with Gasteiger partial charge in [0.1, 0.15) is 12.4 Å². The lowest BCUT2D eigenvalue weighted by Crippen LogP contribution is -2.21. The summed E-state index contributed by atoms with van der Waals surface area (Å²) >= 11 is 8.91. The summed E-state index contributed by atoms with van der Waals surface area (Å²) in [6.07, 6.45) is 3.61. The Balaban J connectivity index is 2.65. The number of halogens is 2. The summed E-state index contributed by atoms with van der Waals surface area (Å²) in [6.45, 7) is 2.56. The average molecular weight is 319 g/mol. The number of nitrogens with two attached hydrogens (primary N) is 1. The average Bonchev–Trinajstić information content (AvgIpc) is 2.32. The largest absolute Gasteiger partial charge is 0.488 e. The zero-order chi connectivity index (χ0) is 12.7. The van der Waals surface area contributed by atoms with Crippen molar-refractivity contribution in [1.29, 1.82) is 0 Å². The maximum atomic E-state index is 5.92. The third kappa shape index (κ3) is 5.11. The third-order valence-electron chi connectivity index (χ3n) is 2.44. The van der Waals surface area contributed by atoms with Crippen LogP contribution in [0.25, 0.3) is 0 Å². The number of ether oxygens (including phenoxy) is 1. The van der Waals surface area contributed by atoms with Crippen LogP contribution in [0.1, 0.15) is 18.9 Å². The molecule has 0 bridgehead atoms. The second-order valence-electron chi connectivity index (χ2n) is 3.81. The molecule has 0 saturated heterocycles. The van der Waals surface area contributed by atoms with Crippen molar-refractivity contribution in [1.82, 2.24) is 0 Å². The van der Waals surface area contributed by atoms with Crippen LogP contribution in [0.4, 0.5) is 0 Å². The van der Waals surface area contributed by atoms with Crippen molar-refractivity contribution >= 4 is 27.5 Å². The molecule has 0 aromatic heterocycles. The number of rotatable bonds is 6. The summed E-state index contributed by atoms with van der Waals surface area (Å²) < 4.78 is 6.46. The van der Waals surface area contributed by atoms with Gasteiger partial charge in [-0.1, -0.05) is 24.6 Å². The van der Waals surface area contributed by atoms with E-state index in [1.54, 1.807) is 6.08 Å². The fraction of sp³-hybridized carbons (Fsp3) is 0.385. The van der Waals surface area contributed by atoms with Gasteiger partial charge < -0.3 is 10.5 Å². The maximum Gasteiger partial charge on any atom is 0.133 e. The predicted molar refractivity (Wildman–Crippen MR) is 76.6 cm³/mol. The quantitative estimate of drug-likeness (QED) is 0.864. The Morgan fingerprint density at radius 2 is 2.29 bits per heavy atom. The Labute approximate surface area is 116 Å². The van der Waals surface area contributed by atoms with Gasteiger partial charge in [-0.3, -0.25) is 0 Å². The molecule has 1 rings (SSSR count). The Morgan fingerprint density at radius 3 is 2.88 bits per heavy atom. The van der Waals surface area contributed by atoms with Crippen LogP contribution in [0.5, 0.6) is 5.75 Å². The molecule has 0 radical (unpaired) electrons. The van der Waals surface area contributed by atoms with Gasteiger partial charge in [-0.15, -0.1) is 0 Å². The third-order valence-corrected chi connectivity index (χ3v) is 3.24. The van der Waals surface area contributed by atoms with Gasteiger partial charge in [0.05, 0.1) is 4.47 Å². The van der Waals surface area contributed by atoms with Gasteiger partial charge in [-0.25, -0.2) is 0 Å². The van der Waals surface area contributed by atoms with Crippen LogP contribution in [0, 0.1) is 0 Å². The van der Waals surface area contributed by atoms with Gasteiger partial charge in [-0.2, -0.15) is 0 Å². The van der Waals surface area contributed by atoms with Crippen LogP contribution < -0.4 is 10.5 Å². The minimum absolute atomic E-state index is 0.216. The molecule has 0 fully saturated rings. The second kappa shape index (κ2) is 7.75. The standard InChI is InChI=1S/C13H17BrClNO/c1-2-11(16)8-10-4-5-13(12(14)9-10)17-7-3-6-15/h3-6,9,11H,2,7-8,16H2,1H3. The topological polar surface area (TPSA) is 35.2 Å². The Bertz CT molecular complexity index is 382. The molecule has 1 atom stereocenters. The van der Waals surface area contributed by atoms with E-state index in [4.69, 9.17) is 22.1 Å². The molecule has 1 unspecified atom stereocenters. The summed E-state index contributed by atoms with van der Waals surface area (Å²) in [5.74, 6) is 0.814. The van der Waals surface area contributed by atoms with Crippen molar-refractivity contribution in [3.63, 3.8) is 0 Å². The van der Waals surface area contributed by atoms with E-state index in [1.165, 1.54) is 11.1 Å². The van der Waals surface area contributed by atoms with Crippen LogP contribution in [0.3, 0.4) is 0 Å². The molecule has 0 spiro atoms. The first-order chi connectivity index (χ1) is 8.17. The van der Waals surface area contributed by atoms with Crippen LogP contribution in [-0.4, -0.2) is 12.6 Å². The van der Waals surface area contributed by atoms with E-state index in [9.17, 15) is 0 Å². The second-order valence-corrected chi connectivity index (χ2v) is 4.92. The lowest BCUT2D eigenvalue weighted by molar-refractivity contribution is 0.360. The smallest absolute Gasteiger partial charge is 0.133 e. The molecule has 1 aromatic rings. The van der Waals surface area contributed by atoms with E-state index in [2.05, 4.69) is 28.9 Å². The fourth-order valence-corrected chi connectivity index (χ4v) is 2.02. The molecule has 0 aliphatic heterocycles. The number of hydrogen-bond acceptors (Lipinski definition) is 2.